The maximum Gasteiger partial charge on any atom is 0.231 e. The highest BCUT2D eigenvalue weighted by Gasteiger charge is 2.20. The summed E-state index contributed by atoms with van der Waals surface area (Å²) < 4.78 is 12.4. The topological polar surface area (TPSA) is 61.2 Å². The largest absolute Gasteiger partial charge is 0.454 e. The molecule has 1 aliphatic heterocycles. The molecule has 1 aromatic carbocycles. The lowest BCUT2D eigenvalue weighted by Gasteiger charge is -2.01. The van der Waals surface area contributed by atoms with Crippen LogP contribution < -0.4 is 14.8 Å². The summed E-state index contributed by atoms with van der Waals surface area (Å²) in [4.78, 5) is 0. The second-order valence-electron chi connectivity index (χ2n) is 4.85. The van der Waals surface area contributed by atoms with Crippen LogP contribution in [-0.2, 0) is 6.54 Å². The number of ether oxygens (including phenoxy) is 2. The van der Waals surface area contributed by atoms with Gasteiger partial charge in [-0.05, 0) is 25.0 Å². The molecule has 98 valence electrons. The first-order valence-electron chi connectivity index (χ1n) is 6.43. The highest BCUT2D eigenvalue weighted by Crippen LogP contribution is 2.33. The van der Waals surface area contributed by atoms with Gasteiger partial charge in [0.05, 0.1) is 17.6 Å². The van der Waals surface area contributed by atoms with E-state index in [1.807, 2.05) is 24.4 Å². The van der Waals surface area contributed by atoms with Crippen molar-refractivity contribution >= 4 is 0 Å². The monoisotopic (exact) mass is 258 g/mol. The number of nitrogens with one attached hydrogen (secondary N) is 1. The standard InChI is InChI=1S/C13H14N4O2/c1-2-9(1)14-6-10-7-17(16-15-10)11-3-4-12-13(5-11)19-8-18-12/h3-5,7,9,14H,1-2,6,8H2. The number of hydrogen-bond acceptors (Lipinski definition) is 5. The quantitative estimate of drug-likeness (QED) is 0.894. The van der Waals surface area contributed by atoms with Crippen LogP contribution >= 0.6 is 0 Å². The summed E-state index contributed by atoms with van der Waals surface area (Å²) in [5.74, 6) is 1.53. The summed E-state index contributed by atoms with van der Waals surface area (Å²) >= 11 is 0. The third-order valence-corrected chi connectivity index (χ3v) is 3.31. The van der Waals surface area contributed by atoms with E-state index in [4.69, 9.17) is 9.47 Å². The molecule has 2 heterocycles. The summed E-state index contributed by atoms with van der Waals surface area (Å²) in [5, 5.41) is 11.7. The van der Waals surface area contributed by atoms with Crippen LogP contribution in [0.25, 0.3) is 5.69 Å². The van der Waals surface area contributed by atoms with Gasteiger partial charge in [-0.1, -0.05) is 5.21 Å². The molecule has 19 heavy (non-hydrogen) atoms. The minimum Gasteiger partial charge on any atom is -0.454 e. The van der Waals surface area contributed by atoms with Crippen LogP contribution in [0.2, 0.25) is 0 Å². The Bertz CT molecular complexity index is 606. The van der Waals surface area contributed by atoms with Gasteiger partial charge in [-0.3, -0.25) is 0 Å². The fraction of sp³-hybridized carbons (Fsp3) is 0.385. The van der Waals surface area contributed by atoms with Crippen LogP contribution in [0.15, 0.2) is 24.4 Å². The van der Waals surface area contributed by atoms with E-state index in [0.717, 1.165) is 29.4 Å². The van der Waals surface area contributed by atoms with Crippen molar-refractivity contribution in [2.24, 2.45) is 0 Å². The van der Waals surface area contributed by atoms with Gasteiger partial charge in [0.25, 0.3) is 0 Å². The molecule has 2 aliphatic rings. The molecule has 1 aromatic heterocycles. The van der Waals surface area contributed by atoms with Crippen molar-refractivity contribution in [2.75, 3.05) is 6.79 Å². The zero-order valence-corrected chi connectivity index (χ0v) is 10.4. The predicted octanol–water partition coefficient (Wildman–Crippen LogP) is 1.25. The molecule has 0 unspecified atom stereocenters. The lowest BCUT2D eigenvalue weighted by atomic mass is 10.3. The van der Waals surface area contributed by atoms with Gasteiger partial charge < -0.3 is 14.8 Å². The van der Waals surface area contributed by atoms with E-state index in [1.165, 1.54) is 12.8 Å². The number of nitrogens with zero attached hydrogens (tertiary/aromatic N) is 3. The molecule has 0 amide bonds. The molecule has 1 saturated carbocycles. The third-order valence-electron chi connectivity index (χ3n) is 3.31. The molecule has 0 radical (unpaired) electrons. The second-order valence-corrected chi connectivity index (χ2v) is 4.85. The van der Waals surface area contributed by atoms with Gasteiger partial charge in [-0.25, -0.2) is 4.68 Å². The van der Waals surface area contributed by atoms with Crippen molar-refractivity contribution in [1.29, 1.82) is 0 Å². The number of aromatic nitrogens is 3. The molecular formula is C13H14N4O2. The molecule has 0 bridgehead atoms. The first-order chi connectivity index (χ1) is 9.38. The summed E-state index contributed by atoms with van der Waals surface area (Å²) in [6.07, 6.45) is 4.49. The van der Waals surface area contributed by atoms with Crippen LogP contribution in [0.3, 0.4) is 0 Å². The van der Waals surface area contributed by atoms with Crippen molar-refractivity contribution in [3.05, 3.63) is 30.1 Å². The molecule has 4 rings (SSSR count). The van der Waals surface area contributed by atoms with Crippen LogP contribution in [0.5, 0.6) is 11.5 Å². The molecule has 0 spiro atoms. The van der Waals surface area contributed by atoms with Crippen molar-refractivity contribution in [3.8, 4) is 17.2 Å². The van der Waals surface area contributed by atoms with Gasteiger partial charge in [0.15, 0.2) is 11.5 Å². The minimum atomic E-state index is 0.284. The van der Waals surface area contributed by atoms with Crippen molar-refractivity contribution in [3.63, 3.8) is 0 Å². The van der Waals surface area contributed by atoms with Crippen molar-refractivity contribution < 1.29 is 9.47 Å². The molecule has 1 N–H and O–H groups in total. The Morgan fingerprint density at radius 1 is 1.26 bits per heavy atom. The smallest absolute Gasteiger partial charge is 0.231 e. The van der Waals surface area contributed by atoms with Gasteiger partial charge >= 0.3 is 0 Å². The third kappa shape index (κ3) is 2.15. The fourth-order valence-electron chi connectivity index (χ4n) is 2.07. The Labute approximate surface area is 110 Å². The highest BCUT2D eigenvalue weighted by molar-refractivity contribution is 5.49. The number of fused-ring (bicyclic) bond motifs is 1. The van der Waals surface area contributed by atoms with Gasteiger partial charge in [0.1, 0.15) is 0 Å². The normalized spacial score (nSPS) is 16.8. The molecule has 0 saturated heterocycles. The molecular weight excluding hydrogens is 244 g/mol. The van der Waals surface area contributed by atoms with Gasteiger partial charge in [-0.2, -0.15) is 0 Å². The zero-order valence-electron chi connectivity index (χ0n) is 10.4. The Morgan fingerprint density at radius 2 is 2.16 bits per heavy atom. The highest BCUT2D eigenvalue weighted by atomic mass is 16.7. The molecule has 1 aliphatic carbocycles. The molecule has 6 heteroatoms. The molecule has 0 atom stereocenters. The fourth-order valence-corrected chi connectivity index (χ4v) is 2.07. The Kier molecular flexibility index (Phi) is 2.41. The number of hydrogen-bond donors (Lipinski definition) is 1. The van der Waals surface area contributed by atoms with E-state index in [-0.39, 0.29) is 6.79 Å². The number of benzene rings is 1. The second kappa shape index (κ2) is 4.24. The maximum absolute atomic E-state index is 5.36. The zero-order chi connectivity index (χ0) is 12.7. The van der Waals surface area contributed by atoms with Gasteiger partial charge in [0.2, 0.25) is 6.79 Å². The minimum absolute atomic E-state index is 0.284. The lowest BCUT2D eigenvalue weighted by Crippen LogP contribution is -2.15. The predicted molar refractivity (Wildman–Crippen MR) is 67.3 cm³/mol. The van der Waals surface area contributed by atoms with Gasteiger partial charge in [-0.15, -0.1) is 5.10 Å². The molecule has 1 fully saturated rings. The van der Waals surface area contributed by atoms with Crippen LogP contribution in [0, 0.1) is 0 Å². The van der Waals surface area contributed by atoms with E-state index in [9.17, 15) is 0 Å². The average molecular weight is 258 g/mol. The van der Waals surface area contributed by atoms with E-state index in [2.05, 4.69) is 15.6 Å². The van der Waals surface area contributed by atoms with E-state index in [0.29, 0.717) is 6.04 Å². The van der Waals surface area contributed by atoms with E-state index >= 15 is 0 Å². The summed E-state index contributed by atoms with van der Waals surface area (Å²) in [6, 6.07) is 6.42. The van der Waals surface area contributed by atoms with Crippen molar-refractivity contribution in [2.45, 2.75) is 25.4 Å². The summed E-state index contributed by atoms with van der Waals surface area (Å²) in [5.41, 5.74) is 1.87. The first kappa shape index (κ1) is 10.8. The Balaban J connectivity index is 1.54. The lowest BCUT2D eigenvalue weighted by molar-refractivity contribution is 0.174. The number of rotatable bonds is 4. The van der Waals surface area contributed by atoms with Crippen LogP contribution in [0.4, 0.5) is 0 Å². The Hall–Kier alpha value is -2.08. The van der Waals surface area contributed by atoms with E-state index in [1.54, 1.807) is 4.68 Å². The van der Waals surface area contributed by atoms with Crippen LogP contribution in [0.1, 0.15) is 18.5 Å². The summed E-state index contributed by atoms with van der Waals surface area (Å²) in [7, 11) is 0. The molecule has 2 aromatic rings. The Morgan fingerprint density at radius 3 is 3.05 bits per heavy atom. The molecule has 6 nitrogen and oxygen atoms in total. The first-order valence-corrected chi connectivity index (χ1v) is 6.43. The average Bonchev–Trinajstić information content (AvgIpc) is 2.96. The SMILES string of the molecule is c1cc2c(cc1-n1cc(CNC3CC3)nn1)OCO2. The van der Waals surface area contributed by atoms with Crippen LogP contribution in [-0.4, -0.2) is 27.8 Å². The van der Waals surface area contributed by atoms with Crippen molar-refractivity contribution in [1.82, 2.24) is 20.3 Å². The maximum atomic E-state index is 5.36. The van der Waals surface area contributed by atoms with E-state index < -0.39 is 0 Å². The summed E-state index contributed by atoms with van der Waals surface area (Å²) in [6.45, 7) is 1.06. The van der Waals surface area contributed by atoms with Gasteiger partial charge in [0, 0.05) is 18.7 Å².